The van der Waals surface area contributed by atoms with E-state index >= 15 is 0 Å². The Balaban J connectivity index is 4.04. The molecule has 0 unspecified atom stereocenters. The third kappa shape index (κ3) is 6.43. The first kappa shape index (κ1) is 15.8. The highest BCUT2D eigenvalue weighted by atomic mass is 16.3. The third-order valence-electron chi connectivity index (χ3n) is 2.83. The van der Waals surface area contributed by atoms with Crippen molar-refractivity contribution in [3.8, 4) is 0 Å². The van der Waals surface area contributed by atoms with E-state index in [4.69, 9.17) is 10.2 Å². The molecule has 0 saturated heterocycles. The summed E-state index contributed by atoms with van der Waals surface area (Å²) in [5.41, 5.74) is 0. The normalized spacial score (nSPS) is 12.4. The van der Waals surface area contributed by atoms with Crippen LogP contribution in [0, 0.1) is 0 Å². The fraction of sp³-hybridized carbons (Fsp3) is 1.00. The highest BCUT2D eigenvalue weighted by molar-refractivity contribution is 4.69. The van der Waals surface area contributed by atoms with Gasteiger partial charge in [0, 0.05) is 38.3 Å². The third-order valence-corrected chi connectivity index (χ3v) is 2.83. The molecule has 0 saturated carbocycles. The van der Waals surface area contributed by atoms with Gasteiger partial charge >= 0.3 is 0 Å². The van der Waals surface area contributed by atoms with Gasteiger partial charge in [0.05, 0.1) is 13.2 Å². The maximum absolute atomic E-state index is 8.91. The summed E-state index contributed by atoms with van der Waals surface area (Å²) < 4.78 is 0. The van der Waals surface area contributed by atoms with Gasteiger partial charge in [-0.2, -0.15) is 0 Å². The molecular formula is C12H28N2O2. The van der Waals surface area contributed by atoms with Crippen LogP contribution in [0.15, 0.2) is 0 Å². The summed E-state index contributed by atoms with van der Waals surface area (Å²) in [6, 6.07) is 1.07. The molecule has 2 N–H and O–H groups in total. The van der Waals surface area contributed by atoms with Crippen molar-refractivity contribution in [3.05, 3.63) is 0 Å². The van der Waals surface area contributed by atoms with E-state index < -0.39 is 0 Å². The van der Waals surface area contributed by atoms with Crippen LogP contribution in [0.3, 0.4) is 0 Å². The second-order valence-corrected chi connectivity index (χ2v) is 4.71. The Hall–Kier alpha value is -0.160. The fourth-order valence-corrected chi connectivity index (χ4v) is 1.99. The number of hydrogen-bond donors (Lipinski definition) is 2. The summed E-state index contributed by atoms with van der Waals surface area (Å²) in [6.07, 6.45) is 0. The molecular weight excluding hydrogens is 204 g/mol. The van der Waals surface area contributed by atoms with Crippen molar-refractivity contribution in [2.45, 2.75) is 39.8 Å². The Morgan fingerprint density at radius 2 is 1.19 bits per heavy atom. The highest BCUT2D eigenvalue weighted by Gasteiger charge is 2.14. The zero-order valence-electron chi connectivity index (χ0n) is 11.2. The molecule has 0 rings (SSSR count). The molecule has 16 heavy (non-hydrogen) atoms. The molecule has 0 aliphatic heterocycles. The lowest BCUT2D eigenvalue weighted by Crippen LogP contribution is -2.43. The minimum Gasteiger partial charge on any atom is -0.395 e. The summed E-state index contributed by atoms with van der Waals surface area (Å²) in [6.45, 7) is 12.3. The van der Waals surface area contributed by atoms with E-state index in [1.807, 2.05) is 0 Å². The van der Waals surface area contributed by atoms with Gasteiger partial charge in [-0.1, -0.05) is 0 Å². The molecule has 98 valence electrons. The van der Waals surface area contributed by atoms with Crippen molar-refractivity contribution < 1.29 is 10.2 Å². The van der Waals surface area contributed by atoms with E-state index in [9.17, 15) is 0 Å². The van der Waals surface area contributed by atoms with E-state index in [1.165, 1.54) is 0 Å². The zero-order chi connectivity index (χ0) is 12.6. The lowest BCUT2D eigenvalue weighted by atomic mass is 10.2. The molecule has 0 aromatic rings. The lowest BCUT2D eigenvalue weighted by molar-refractivity contribution is 0.117. The van der Waals surface area contributed by atoms with Gasteiger partial charge in [0.15, 0.2) is 0 Å². The van der Waals surface area contributed by atoms with Crippen LogP contribution in [-0.4, -0.2) is 71.5 Å². The Bertz CT molecular complexity index is 149. The Morgan fingerprint density at radius 1 is 0.750 bits per heavy atom. The first-order chi connectivity index (χ1) is 7.52. The van der Waals surface area contributed by atoms with Gasteiger partial charge in [0.2, 0.25) is 0 Å². The van der Waals surface area contributed by atoms with Crippen LogP contribution in [0.2, 0.25) is 0 Å². The molecule has 0 bridgehead atoms. The Labute approximate surface area is 99.9 Å². The van der Waals surface area contributed by atoms with Crippen molar-refractivity contribution in [1.82, 2.24) is 9.80 Å². The molecule has 0 aromatic heterocycles. The standard InChI is InChI=1S/C12H28N2O2/c1-11(2)14(12(3)4)6-5-13(7-9-15)8-10-16/h11-12,15-16H,5-10H2,1-4H3. The van der Waals surface area contributed by atoms with Gasteiger partial charge in [-0.15, -0.1) is 0 Å². The largest absolute Gasteiger partial charge is 0.395 e. The Kier molecular flexibility index (Phi) is 8.84. The number of nitrogens with zero attached hydrogens (tertiary/aromatic N) is 2. The van der Waals surface area contributed by atoms with Crippen molar-refractivity contribution in [2.75, 3.05) is 39.4 Å². The van der Waals surface area contributed by atoms with E-state index in [1.54, 1.807) is 0 Å². The second kappa shape index (κ2) is 8.93. The van der Waals surface area contributed by atoms with Crippen LogP contribution < -0.4 is 0 Å². The smallest absolute Gasteiger partial charge is 0.0558 e. The van der Waals surface area contributed by atoms with E-state index in [-0.39, 0.29) is 13.2 Å². The van der Waals surface area contributed by atoms with Gasteiger partial charge in [0.25, 0.3) is 0 Å². The monoisotopic (exact) mass is 232 g/mol. The van der Waals surface area contributed by atoms with E-state index in [0.29, 0.717) is 25.2 Å². The summed E-state index contributed by atoms with van der Waals surface area (Å²) in [4.78, 5) is 4.51. The summed E-state index contributed by atoms with van der Waals surface area (Å²) in [7, 11) is 0. The molecule has 4 nitrogen and oxygen atoms in total. The average Bonchev–Trinajstić information content (AvgIpc) is 2.17. The fourth-order valence-electron chi connectivity index (χ4n) is 1.99. The molecule has 0 fully saturated rings. The minimum atomic E-state index is 0.156. The minimum absolute atomic E-state index is 0.156. The van der Waals surface area contributed by atoms with E-state index in [2.05, 4.69) is 37.5 Å². The maximum Gasteiger partial charge on any atom is 0.0558 e. The molecule has 0 atom stereocenters. The van der Waals surface area contributed by atoms with Crippen LogP contribution in [0.4, 0.5) is 0 Å². The molecule has 0 radical (unpaired) electrons. The van der Waals surface area contributed by atoms with Gasteiger partial charge in [-0.3, -0.25) is 9.80 Å². The maximum atomic E-state index is 8.91. The van der Waals surface area contributed by atoms with Gasteiger partial charge in [0.1, 0.15) is 0 Å². The van der Waals surface area contributed by atoms with Gasteiger partial charge in [-0.25, -0.2) is 0 Å². The summed E-state index contributed by atoms with van der Waals surface area (Å²) in [5, 5.41) is 17.8. The van der Waals surface area contributed by atoms with Crippen LogP contribution >= 0.6 is 0 Å². The first-order valence-corrected chi connectivity index (χ1v) is 6.22. The topological polar surface area (TPSA) is 46.9 Å². The predicted octanol–water partition coefficient (Wildman–Crippen LogP) is 0.392. The highest BCUT2D eigenvalue weighted by Crippen LogP contribution is 2.04. The van der Waals surface area contributed by atoms with Crippen LogP contribution in [0.25, 0.3) is 0 Å². The molecule has 0 spiro atoms. The van der Waals surface area contributed by atoms with Crippen LogP contribution in [0.1, 0.15) is 27.7 Å². The molecule has 0 aromatic carbocycles. The molecule has 0 amide bonds. The van der Waals surface area contributed by atoms with Gasteiger partial charge < -0.3 is 10.2 Å². The average molecular weight is 232 g/mol. The quantitative estimate of drug-likeness (QED) is 0.604. The van der Waals surface area contributed by atoms with Crippen LogP contribution in [-0.2, 0) is 0 Å². The van der Waals surface area contributed by atoms with Crippen molar-refractivity contribution in [2.24, 2.45) is 0 Å². The van der Waals surface area contributed by atoms with E-state index in [0.717, 1.165) is 13.1 Å². The molecule has 0 aliphatic carbocycles. The van der Waals surface area contributed by atoms with Gasteiger partial charge in [-0.05, 0) is 27.7 Å². The predicted molar refractivity (Wildman–Crippen MR) is 67.6 cm³/mol. The number of rotatable bonds is 9. The summed E-state index contributed by atoms with van der Waals surface area (Å²) >= 11 is 0. The second-order valence-electron chi connectivity index (χ2n) is 4.71. The lowest BCUT2D eigenvalue weighted by Gasteiger charge is -2.32. The van der Waals surface area contributed by atoms with Crippen molar-refractivity contribution in [1.29, 1.82) is 0 Å². The molecule has 0 heterocycles. The van der Waals surface area contributed by atoms with Crippen molar-refractivity contribution >= 4 is 0 Å². The zero-order valence-corrected chi connectivity index (χ0v) is 11.2. The number of hydrogen-bond acceptors (Lipinski definition) is 4. The molecule has 0 aliphatic rings. The number of aliphatic hydroxyl groups is 2. The van der Waals surface area contributed by atoms with Crippen LogP contribution in [0.5, 0.6) is 0 Å². The summed E-state index contributed by atoms with van der Waals surface area (Å²) in [5.74, 6) is 0. The first-order valence-electron chi connectivity index (χ1n) is 6.22. The van der Waals surface area contributed by atoms with Crippen molar-refractivity contribution in [3.63, 3.8) is 0 Å². The molecule has 4 heteroatoms. The number of aliphatic hydroxyl groups excluding tert-OH is 2. The SMILES string of the molecule is CC(C)N(CCN(CCO)CCO)C(C)C. The Morgan fingerprint density at radius 3 is 1.50 bits per heavy atom.